The van der Waals surface area contributed by atoms with Gasteiger partial charge in [-0.3, -0.25) is 0 Å². The molecule has 0 spiro atoms. The summed E-state index contributed by atoms with van der Waals surface area (Å²) in [4.78, 5) is 25.9. The van der Waals surface area contributed by atoms with Crippen LogP contribution in [0.5, 0.6) is 0 Å². The number of likely N-dealkylation sites (N-methyl/N-ethyl adjacent to an activating group) is 1. The number of likely N-dealkylation sites (tertiary alicyclic amines) is 1. The lowest BCUT2D eigenvalue weighted by atomic mass is 10.1. The van der Waals surface area contributed by atoms with Crippen LogP contribution in [0.25, 0.3) is 0 Å². The predicted octanol–water partition coefficient (Wildman–Crippen LogP) is -0.281. The molecule has 0 bridgehead atoms. The van der Waals surface area contributed by atoms with E-state index in [1.54, 1.807) is 20.8 Å². The molecule has 0 radical (unpaired) electrons. The van der Waals surface area contributed by atoms with Gasteiger partial charge < -0.3 is 25.1 Å². The smallest absolute Gasteiger partial charge is 0.326 e. The van der Waals surface area contributed by atoms with E-state index in [9.17, 15) is 19.8 Å². The first kappa shape index (κ1) is 15.7. The van der Waals surface area contributed by atoms with E-state index in [1.807, 2.05) is 0 Å². The van der Waals surface area contributed by atoms with E-state index in [0.29, 0.717) is 6.54 Å². The summed E-state index contributed by atoms with van der Waals surface area (Å²) >= 11 is 0. The normalized spacial score (nSPS) is 23.5. The van der Waals surface area contributed by atoms with Crippen LogP contribution in [0.1, 0.15) is 27.2 Å². The summed E-state index contributed by atoms with van der Waals surface area (Å²) in [6.45, 7) is 5.40. The maximum Gasteiger partial charge on any atom is 0.326 e. The predicted molar refractivity (Wildman–Crippen MR) is 67.7 cm³/mol. The molecule has 1 heterocycles. The number of nitrogens with zero attached hydrogens (tertiary/aromatic N) is 2. The number of aliphatic carboxylic acids is 1. The second kappa shape index (κ2) is 5.75. The average Bonchev–Trinajstić information content (AvgIpc) is 2.66. The lowest BCUT2D eigenvalue weighted by molar-refractivity contribution is -0.141. The van der Waals surface area contributed by atoms with Crippen molar-refractivity contribution >= 4 is 12.0 Å². The van der Waals surface area contributed by atoms with Crippen molar-refractivity contribution in [3.63, 3.8) is 0 Å². The van der Waals surface area contributed by atoms with Crippen LogP contribution >= 0.6 is 0 Å². The quantitative estimate of drug-likeness (QED) is 0.654. The summed E-state index contributed by atoms with van der Waals surface area (Å²) in [7, 11) is 0. The fraction of sp³-hybridized carbons (Fsp3) is 0.833. The third-order valence-corrected chi connectivity index (χ3v) is 3.04. The van der Waals surface area contributed by atoms with Crippen LogP contribution in [0.15, 0.2) is 0 Å². The molecule has 7 heteroatoms. The molecule has 2 atom stereocenters. The Labute approximate surface area is 112 Å². The van der Waals surface area contributed by atoms with Crippen molar-refractivity contribution in [2.75, 3.05) is 19.6 Å². The summed E-state index contributed by atoms with van der Waals surface area (Å²) in [5.74, 6) is -1.12. The molecule has 1 aliphatic rings. The third-order valence-electron chi connectivity index (χ3n) is 3.04. The maximum absolute atomic E-state index is 12.3. The van der Waals surface area contributed by atoms with E-state index in [4.69, 9.17) is 5.11 Å². The molecule has 0 aromatic carbocycles. The molecule has 1 saturated heterocycles. The topological polar surface area (TPSA) is 101 Å². The molecule has 1 rings (SSSR count). The number of aliphatic hydroxyl groups excluding tert-OH is 1. The molecule has 0 aliphatic carbocycles. The van der Waals surface area contributed by atoms with Gasteiger partial charge in [-0.25, -0.2) is 9.59 Å². The van der Waals surface area contributed by atoms with Gasteiger partial charge >= 0.3 is 12.0 Å². The lowest BCUT2D eigenvalue weighted by Crippen LogP contribution is -2.51. The minimum Gasteiger partial charge on any atom is -0.480 e. The number of carbonyl (C=O) groups excluding carboxylic acids is 1. The second-order valence-electron chi connectivity index (χ2n) is 5.51. The molecular weight excluding hydrogens is 252 g/mol. The van der Waals surface area contributed by atoms with Gasteiger partial charge in [0.1, 0.15) is 6.04 Å². The molecule has 7 nitrogen and oxygen atoms in total. The van der Waals surface area contributed by atoms with Crippen molar-refractivity contribution in [2.24, 2.45) is 0 Å². The molecule has 1 aliphatic heterocycles. The first-order valence-electron chi connectivity index (χ1n) is 6.34. The molecule has 2 amide bonds. The summed E-state index contributed by atoms with van der Waals surface area (Å²) in [5, 5.41) is 28.4. The monoisotopic (exact) mass is 274 g/mol. The zero-order valence-electron chi connectivity index (χ0n) is 11.5. The minimum absolute atomic E-state index is 0.0121. The molecule has 0 aromatic rings. The average molecular weight is 274 g/mol. The van der Waals surface area contributed by atoms with Gasteiger partial charge in [0.15, 0.2) is 0 Å². The van der Waals surface area contributed by atoms with Crippen LogP contribution in [-0.4, -0.2) is 74.5 Å². The fourth-order valence-corrected chi connectivity index (χ4v) is 2.22. The molecule has 3 N–H and O–H groups in total. The number of urea groups is 1. The second-order valence-corrected chi connectivity index (χ2v) is 5.51. The lowest BCUT2D eigenvalue weighted by Gasteiger charge is -2.33. The standard InChI is InChI=1S/C12H22N2O5/c1-4-13(7-12(2,3)19)11(18)14-6-8(15)5-9(14)10(16)17/h8-9,15,19H,4-7H2,1-3H3,(H,16,17)/t8-,9-/m0/s1. The van der Waals surface area contributed by atoms with Gasteiger partial charge in [0.05, 0.1) is 18.2 Å². The first-order chi connectivity index (χ1) is 8.65. The molecule has 110 valence electrons. The highest BCUT2D eigenvalue weighted by atomic mass is 16.4. The Balaban J connectivity index is 2.81. The number of carboxylic acids is 1. The fourth-order valence-electron chi connectivity index (χ4n) is 2.22. The number of carbonyl (C=O) groups is 2. The molecule has 0 saturated carbocycles. The SMILES string of the molecule is CCN(CC(C)(C)O)C(=O)N1C[C@@H](O)C[C@H]1C(=O)O. The summed E-state index contributed by atoms with van der Waals surface area (Å²) in [5.41, 5.74) is -1.05. The number of hydrogen-bond acceptors (Lipinski definition) is 4. The van der Waals surface area contributed by atoms with Crippen molar-refractivity contribution in [3.05, 3.63) is 0 Å². The van der Waals surface area contributed by atoms with Gasteiger partial charge in [0, 0.05) is 19.5 Å². The summed E-state index contributed by atoms with van der Waals surface area (Å²) in [6, 6.07) is -1.47. The number of aliphatic hydroxyl groups is 2. The third kappa shape index (κ3) is 4.07. The van der Waals surface area contributed by atoms with Crippen molar-refractivity contribution in [3.8, 4) is 0 Å². The van der Waals surface area contributed by atoms with Gasteiger partial charge in [-0.1, -0.05) is 0 Å². The zero-order chi connectivity index (χ0) is 14.8. The van der Waals surface area contributed by atoms with E-state index in [2.05, 4.69) is 0 Å². The summed E-state index contributed by atoms with van der Waals surface area (Å²) < 4.78 is 0. The largest absolute Gasteiger partial charge is 0.480 e. The van der Waals surface area contributed by atoms with E-state index in [-0.39, 0.29) is 19.5 Å². The highest BCUT2D eigenvalue weighted by molar-refractivity contribution is 5.83. The zero-order valence-corrected chi connectivity index (χ0v) is 11.5. The van der Waals surface area contributed by atoms with Crippen LogP contribution in [0, 0.1) is 0 Å². The van der Waals surface area contributed by atoms with Crippen LogP contribution in [0.2, 0.25) is 0 Å². The van der Waals surface area contributed by atoms with Gasteiger partial charge in [-0.2, -0.15) is 0 Å². The highest BCUT2D eigenvalue weighted by Crippen LogP contribution is 2.20. The van der Waals surface area contributed by atoms with Gasteiger partial charge in [0.2, 0.25) is 0 Å². The van der Waals surface area contributed by atoms with Crippen molar-refractivity contribution in [2.45, 2.75) is 44.9 Å². The number of β-amino-alcohol motifs (C(OH)–C–C–N with tert-alkyl or cyclic N) is 1. The van der Waals surface area contributed by atoms with E-state index in [1.165, 1.54) is 4.90 Å². The molecule has 0 unspecified atom stereocenters. The van der Waals surface area contributed by atoms with Crippen molar-refractivity contribution in [1.82, 2.24) is 9.80 Å². The Morgan fingerprint density at radius 2 is 2.00 bits per heavy atom. The van der Waals surface area contributed by atoms with E-state index < -0.39 is 29.7 Å². The molecule has 1 fully saturated rings. The highest BCUT2D eigenvalue weighted by Gasteiger charge is 2.40. The van der Waals surface area contributed by atoms with Crippen LogP contribution < -0.4 is 0 Å². The van der Waals surface area contributed by atoms with E-state index in [0.717, 1.165) is 4.90 Å². The Bertz CT molecular complexity index is 353. The molecular formula is C12H22N2O5. The van der Waals surface area contributed by atoms with Gasteiger partial charge in [0.25, 0.3) is 0 Å². The van der Waals surface area contributed by atoms with Gasteiger partial charge in [-0.05, 0) is 20.8 Å². The first-order valence-corrected chi connectivity index (χ1v) is 6.34. The van der Waals surface area contributed by atoms with E-state index >= 15 is 0 Å². The van der Waals surface area contributed by atoms with Crippen LogP contribution in [-0.2, 0) is 4.79 Å². The van der Waals surface area contributed by atoms with Crippen LogP contribution in [0.3, 0.4) is 0 Å². The maximum atomic E-state index is 12.3. The minimum atomic E-state index is -1.12. The number of hydrogen-bond donors (Lipinski definition) is 3. The number of amides is 2. The Kier molecular flexibility index (Phi) is 4.75. The Morgan fingerprint density at radius 1 is 1.42 bits per heavy atom. The number of carboxylic acid groups (broad SMARTS) is 1. The Hall–Kier alpha value is -1.34. The molecule has 0 aromatic heterocycles. The van der Waals surface area contributed by atoms with Crippen LogP contribution in [0.4, 0.5) is 4.79 Å². The van der Waals surface area contributed by atoms with Crippen molar-refractivity contribution < 1.29 is 24.9 Å². The molecule has 19 heavy (non-hydrogen) atoms. The number of rotatable bonds is 4. The summed E-state index contributed by atoms with van der Waals surface area (Å²) in [6.07, 6.45) is -0.771. The Morgan fingerprint density at radius 3 is 2.42 bits per heavy atom. The van der Waals surface area contributed by atoms with Crippen molar-refractivity contribution in [1.29, 1.82) is 0 Å². The van der Waals surface area contributed by atoms with Gasteiger partial charge in [-0.15, -0.1) is 0 Å².